The average Bonchev–Trinajstić information content (AvgIpc) is 3.14. The normalized spacial score (nSPS) is 13.6. The molecule has 0 radical (unpaired) electrons. The van der Waals surface area contributed by atoms with Crippen LogP contribution in [0.4, 0.5) is 11.4 Å². The molecule has 1 heterocycles. The van der Waals surface area contributed by atoms with Crippen molar-refractivity contribution >= 4 is 57.3 Å². The van der Waals surface area contributed by atoms with Gasteiger partial charge in [0.05, 0.1) is 11.1 Å². The van der Waals surface area contributed by atoms with E-state index >= 15 is 0 Å². The third-order valence-corrected chi connectivity index (χ3v) is 5.67. The zero-order valence-electron chi connectivity index (χ0n) is 18.8. The SMILES string of the molecule is C[N+]1=C(c2ccccc2)/C(=C(\c2ccccc2)c2ccc(N)cc2)c2ccccc21.[Cl][Zn-]([Cl])[Cl]. The average molecular weight is 559 g/mol. The van der Waals surface area contributed by atoms with Gasteiger partial charge in [-0.05, 0) is 41.5 Å². The molecule has 0 aliphatic carbocycles. The Bertz CT molecular complexity index is 1330. The van der Waals surface area contributed by atoms with Crippen LogP contribution >= 0.6 is 29.1 Å². The van der Waals surface area contributed by atoms with Crippen molar-refractivity contribution in [2.24, 2.45) is 0 Å². The van der Waals surface area contributed by atoms with E-state index in [4.69, 9.17) is 34.8 Å². The van der Waals surface area contributed by atoms with Gasteiger partial charge >= 0.3 is 42.1 Å². The fraction of sp³-hybridized carbons (Fsp3) is 0.0357. The number of rotatable bonds is 3. The molecule has 0 amide bonds. The Labute approximate surface area is 218 Å². The maximum absolute atomic E-state index is 6.01. The van der Waals surface area contributed by atoms with Crippen LogP contribution in [0, 0.1) is 0 Å². The summed E-state index contributed by atoms with van der Waals surface area (Å²) in [5.41, 5.74) is 16.5. The number of para-hydroxylation sites is 1. The molecule has 0 aromatic heterocycles. The second kappa shape index (κ2) is 11.3. The maximum atomic E-state index is 6.01. The molecule has 0 saturated carbocycles. The monoisotopic (exact) mass is 556 g/mol. The quantitative estimate of drug-likeness (QED) is 0.154. The van der Waals surface area contributed by atoms with Crippen molar-refractivity contribution in [3.8, 4) is 0 Å². The van der Waals surface area contributed by atoms with Crippen LogP contribution in [0.2, 0.25) is 0 Å². The molecule has 4 aromatic carbocycles. The second-order valence-corrected chi connectivity index (χ2v) is 21.7. The van der Waals surface area contributed by atoms with Crippen LogP contribution < -0.4 is 5.73 Å². The van der Waals surface area contributed by atoms with Gasteiger partial charge in [-0.15, -0.1) is 0 Å². The molecule has 1 aliphatic rings. The van der Waals surface area contributed by atoms with E-state index in [2.05, 4.69) is 109 Å². The van der Waals surface area contributed by atoms with Gasteiger partial charge in [-0.25, -0.2) is 0 Å². The van der Waals surface area contributed by atoms with Crippen molar-refractivity contribution in [1.29, 1.82) is 0 Å². The van der Waals surface area contributed by atoms with Crippen molar-refractivity contribution in [1.82, 2.24) is 0 Å². The number of hydrogen-bond donors (Lipinski definition) is 1. The summed E-state index contributed by atoms with van der Waals surface area (Å²) in [4.78, 5) is 0. The van der Waals surface area contributed by atoms with E-state index in [1.165, 1.54) is 39.2 Å². The number of nitrogen functional groups attached to an aromatic ring is 1. The number of nitrogens with zero attached hydrogens (tertiary/aromatic N) is 1. The molecule has 168 valence electrons. The summed E-state index contributed by atoms with van der Waals surface area (Å²) >= 11 is -2.21. The topological polar surface area (TPSA) is 29.0 Å². The molecule has 6 heteroatoms. The third-order valence-electron chi connectivity index (χ3n) is 5.67. The molecule has 1 aliphatic heterocycles. The van der Waals surface area contributed by atoms with E-state index in [9.17, 15) is 0 Å². The van der Waals surface area contributed by atoms with Crippen molar-refractivity contribution in [3.05, 3.63) is 131 Å². The fourth-order valence-corrected chi connectivity index (χ4v) is 4.29. The van der Waals surface area contributed by atoms with E-state index in [0.29, 0.717) is 0 Å². The molecule has 0 saturated heterocycles. The summed E-state index contributed by atoms with van der Waals surface area (Å²) < 4.78 is 2.31. The molecule has 2 N–H and O–H groups in total. The fourth-order valence-electron chi connectivity index (χ4n) is 4.29. The standard InChI is InChI=1S/C28H22N2.3ClH.Zn/c1-30-25-15-9-8-14-24(25)27(28(30)22-12-6-3-7-13-22)26(20-10-4-2-5-11-20)21-16-18-23(29)19-17-21;;;;/h2-19,29H,1H3;3*1H;/q;;;;+2/p-2. The molecule has 5 rings (SSSR count). The first-order valence-electron chi connectivity index (χ1n) is 11.0. The Morgan fingerprint density at radius 3 is 1.79 bits per heavy atom. The van der Waals surface area contributed by atoms with Gasteiger partial charge in [0, 0.05) is 22.9 Å². The molecule has 0 fully saturated rings. The summed E-state index contributed by atoms with van der Waals surface area (Å²) in [6.45, 7) is 0. The molecule has 34 heavy (non-hydrogen) atoms. The van der Waals surface area contributed by atoms with Crippen molar-refractivity contribution in [2.45, 2.75) is 0 Å². The number of nitrogens with two attached hydrogens (primary N) is 1. The van der Waals surface area contributed by atoms with Gasteiger partial charge in [-0.1, -0.05) is 72.8 Å². The van der Waals surface area contributed by atoms with Crippen LogP contribution in [0.1, 0.15) is 22.3 Å². The number of allylic oxidation sites excluding steroid dienone is 1. The Kier molecular flexibility index (Phi) is 8.24. The number of halogens is 3. The van der Waals surface area contributed by atoms with Gasteiger partial charge in [-0.2, -0.15) is 4.58 Å². The van der Waals surface area contributed by atoms with Gasteiger partial charge in [0.1, 0.15) is 7.05 Å². The van der Waals surface area contributed by atoms with Crippen molar-refractivity contribution in [2.75, 3.05) is 12.8 Å². The Morgan fingerprint density at radius 2 is 1.18 bits per heavy atom. The van der Waals surface area contributed by atoms with E-state index in [0.717, 1.165) is 11.3 Å². The molecule has 2 nitrogen and oxygen atoms in total. The summed E-state index contributed by atoms with van der Waals surface area (Å²) in [6.07, 6.45) is 0. The first kappa shape index (κ1) is 24.7. The predicted octanol–water partition coefficient (Wildman–Crippen LogP) is 8.07. The van der Waals surface area contributed by atoms with Crippen LogP contribution in [0.5, 0.6) is 0 Å². The van der Waals surface area contributed by atoms with E-state index in [1.54, 1.807) is 0 Å². The summed E-state index contributed by atoms with van der Waals surface area (Å²) in [5.74, 6) is 0. The number of anilines is 1. The van der Waals surface area contributed by atoms with Gasteiger partial charge < -0.3 is 5.73 Å². The van der Waals surface area contributed by atoms with Crippen LogP contribution in [0.15, 0.2) is 109 Å². The number of fused-ring (bicyclic) bond motifs is 1. The van der Waals surface area contributed by atoms with Gasteiger partial charge in [0.15, 0.2) is 0 Å². The number of benzene rings is 4. The first-order valence-corrected chi connectivity index (χ1v) is 22.7. The van der Waals surface area contributed by atoms with E-state index in [1.807, 2.05) is 12.1 Å². The second-order valence-electron chi connectivity index (χ2n) is 7.83. The molecular formula is C28H23Cl3N2Zn. The molecule has 0 atom stereocenters. The first-order chi connectivity index (χ1) is 16.5. The zero-order valence-corrected chi connectivity index (χ0v) is 24.0. The molecule has 0 spiro atoms. The molecule has 4 aromatic rings. The van der Waals surface area contributed by atoms with Crippen molar-refractivity contribution < 1.29 is 17.6 Å². The number of hydrogen-bond acceptors (Lipinski definition) is 1. The third kappa shape index (κ3) is 5.45. The van der Waals surface area contributed by atoms with Crippen LogP contribution in [0.3, 0.4) is 0 Å². The molecule has 0 unspecified atom stereocenters. The minimum absolute atomic E-state index is 0.771. The van der Waals surface area contributed by atoms with Crippen molar-refractivity contribution in [3.63, 3.8) is 0 Å². The Morgan fingerprint density at radius 1 is 0.676 bits per heavy atom. The zero-order chi connectivity index (χ0) is 24.1. The minimum atomic E-state index is -2.21. The van der Waals surface area contributed by atoms with Gasteiger partial charge in [-0.3, -0.25) is 0 Å². The summed E-state index contributed by atoms with van der Waals surface area (Å²) in [7, 11) is 17.2. The van der Waals surface area contributed by atoms with Crippen LogP contribution in [-0.4, -0.2) is 17.3 Å². The van der Waals surface area contributed by atoms with Gasteiger partial charge in [0.2, 0.25) is 11.4 Å². The van der Waals surface area contributed by atoms with E-state index in [-0.39, 0.29) is 0 Å². The molecule has 0 bridgehead atoms. The summed E-state index contributed by atoms with van der Waals surface area (Å²) in [6, 6.07) is 38.1. The Balaban J connectivity index is 0.000000636. The predicted molar refractivity (Wildman–Crippen MR) is 144 cm³/mol. The van der Waals surface area contributed by atoms with Crippen LogP contribution in [-0.2, 0) is 13.0 Å². The Hall–Kier alpha value is -2.42. The molecular weight excluding hydrogens is 536 g/mol. The van der Waals surface area contributed by atoms with Gasteiger partial charge in [0.25, 0.3) is 0 Å². The van der Waals surface area contributed by atoms with Crippen LogP contribution in [0.25, 0.3) is 11.1 Å². The summed E-state index contributed by atoms with van der Waals surface area (Å²) in [5, 5.41) is 0. The van der Waals surface area contributed by atoms with E-state index < -0.39 is 13.0 Å².